The summed E-state index contributed by atoms with van der Waals surface area (Å²) < 4.78 is 0. The topological polar surface area (TPSA) is 52.5 Å². The molecule has 0 aliphatic heterocycles. The standard InChI is InChI=1S/C18H23NO2/c1-3-7-17(14-8-5-4-6-9-14)19-13(2)16-11-10-15(20)12-18(16)21/h4-6,8-13,17,19-21H,3,7H2,1-2H3. The number of aromatic hydroxyl groups is 2. The van der Waals surface area contributed by atoms with E-state index in [9.17, 15) is 10.2 Å². The second-order valence-electron chi connectivity index (χ2n) is 5.38. The van der Waals surface area contributed by atoms with Crippen LogP contribution in [0.4, 0.5) is 0 Å². The molecule has 0 bridgehead atoms. The minimum absolute atomic E-state index is 0.00218. The molecule has 0 fully saturated rings. The van der Waals surface area contributed by atoms with Gasteiger partial charge in [-0.05, 0) is 25.0 Å². The van der Waals surface area contributed by atoms with Crippen LogP contribution < -0.4 is 5.32 Å². The Kier molecular flexibility index (Phi) is 5.23. The van der Waals surface area contributed by atoms with Gasteiger partial charge in [0.25, 0.3) is 0 Å². The molecule has 3 heteroatoms. The maximum atomic E-state index is 9.98. The van der Waals surface area contributed by atoms with Crippen LogP contribution in [0, 0.1) is 0 Å². The van der Waals surface area contributed by atoms with Crippen molar-refractivity contribution in [3.8, 4) is 11.5 Å². The van der Waals surface area contributed by atoms with Crippen LogP contribution in [0.1, 0.15) is 49.9 Å². The summed E-state index contributed by atoms with van der Waals surface area (Å²) in [5.41, 5.74) is 2.05. The zero-order chi connectivity index (χ0) is 15.2. The van der Waals surface area contributed by atoms with Crippen molar-refractivity contribution in [2.45, 2.75) is 38.8 Å². The highest BCUT2D eigenvalue weighted by Crippen LogP contribution is 2.30. The number of hydrogen-bond acceptors (Lipinski definition) is 3. The van der Waals surface area contributed by atoms with Gasteiger partial charge in [-0.2, -0.15) is 0 Å². The summed E-state index contributed by atoms with van der Waals surface area (Å²) in [5.74, 6) is 0.204. The molecule has 0 saturated carbocycles. The zero-order valence-electron chi connectivity index (χ0n) is 12.6. The predicted molar refractivity (Wildman–Crippen MR) is 85.4 cm³/mol. The fraction of sp³-hybridized carbons (Fsp3) is 0.333. The van der Waals surface area contributed by atoms with E-state index in [1.54, 1.807) is 12.1 Å². The Balaban J connectivity index is 2.16. The lowest BCUT2D eigenvalue weighted by Gasteiger charge is -2.24. The largest absolute Gasteiger partial charge is 0.508 e. The van der Waals surface area contributed by atoms with Crippen LogP contribution in [0.25, 0.3) is 0 Å². The summed E-state index contributed by atoms with van der Waals surface area (Å²) in [4.78, 5) is 0. The lowest BCUT2D eigenvalue weighted by atomic mass is 9.99. The van der Waals surface area contributed by atoms with Crippen LogP contribution in [0.5, 0.6) is 11.5 Å². The van der Waals surface area contributed by atoms with Gasteiger partial charge < -0.3 is 15.5 Å². The average Bonchev–Trinajstić information content (AvgIpc) is 2.47. The summed E-state index contributed by atoms with van der Waals surface area (Å²) in [6.45, 7) is 4.19. The number of rotatable bonds is 6. The predicted octanol–water partition coefficient (Wildman–Crippen LogP) is 4.29. The molecular formula is C18H23NO2. The Morgan fingerprint density at radius 1 is 1.05 bits per heavy atom. The van der Waals surface area contributed by atoms with E-state index in [4.69, 9.17) is 0 Å². The molecule has 21 heavy (non-hydrogen) atoms. The molecule has 2 rings (SSSR count). The Bertz CT molecular complexity index is 569. The molecule has 3 nitrogen and oxygen atoms in total. The molecular weight excluding hydrogens is 262 g/mol. The van der Waals surface area contributed by atoms with Crippen molar-refractivity contribution >= 4 is 0 Å². The van der Waals surface area contributed by atoms with Gasteiger partial charge in [0.15, 0.2) is 0 Å². The van der Waals surface area contributed by atoms with E-state index in [0.717, 1.165) is 18.4 Å². The first-order chi connectivity index (χ1) is 10.1. The normalized spacial score (nSPS) is 13.8. The molecule has 2 aromatic carbocycles. The van der Waals surface area contributed by atoms with Gasteiger partial charge in [0.05, 0.1) is 0 Å². The lowest BCUT2D eigenvalue weighted by molar-refractivity contribution is 0.410. The molecule has 0 aliphatic carbocycles. The zero-order valence-corrected chi connectivity index (χ0v) is 12.6. The molecule has 0 aromatic heterocycles. The highest BCUT2D eigenvalue weighted by atomic mass is 16.3. The van der Waals surface area contributed by atoms with Crippen LogP contribution in [0.3, 0.4) is 0 Å². The number of nitrogens with one attached hydrogen (secondary N) is 1. The van der Waals surface area contributed by atoms with Crippen LogP contribution >= 0.6 is 0 Å². The Morgan fingerprint density at radius 2 is 1.76 bits per heavy atom. The molecule has 112 valence electrons. The molecule has 0 amide bonds. The molecule has 2 aromatic rings. The van der Waals surface area contributed by atoms with Crippen LogP contribution in [-0.2, 0) is 0 Å². The monoisotopic (exact) mass is 285 g/mol. The summed E-state index contributed by atoms with van der Waals surface area (Å²) >= 11 is 0. The van der Waals surface area contributed by atoms with Gasteiger partial charge in [0.1, 0.15) is 11.5 Å². The highest BCUT2D eigenvalue weighted by Gasteiger charge is 2.17. The van der Waals surface area contributed by atoms with Crippen molar-refractivity contribution in [1.29, 1.82) is 0 Å². The van der Waals surface area contributed by atoms with Crippen LogP contribution in [0.15, 0.2) is 48.5 Å². The van der Waals surface area contributed by atoms with Gasteiger partial charge in [0.2, 0.25) is 0 Å². The van der Waals surface area contributed by atoms with Crippen molar-refractivity contribution in [2.24, 2.45) is 0 Å². The number of benzene rings is 2. The Morgan fingerprint density at radius 3 is 2.38 bits per heavy atom. The SMILES string of the molecule is CCCC(NC(C)c1ccc(O)cc1O)c1ccccc1. The molecule has 0 heterocycles. The fourth-order valence-electron chi connectivity index (χ4n) is 2.61. The second kappa shape index (κ2) is 7.14. The van der Waals surface area contributed by atoms with Crippen molar-refractivity contribution in [3.63, 3.8) is 0 Å². The minimum atomic E-state index is 0.00218. The number of phenolic OH excluding ortho intramolecular Hbond substituents is 2. The molecule has 0 saturated heterocycles. The molecule has 0 spiro atoms. The molecule has 2 atom stereocenters. The lowest BCUT2D eigenvalue weighted by Crippen LogP contribution is -2.24. The van der Waals surface area contributed by atoms with E-state index >= 15 is 0 Å². The average molecular weight is 285 g/mol. The smallest absolute Gasteiger partial charge is 0.124 e. The van der Waals surface area contributed by atoms with Crippen molar-refractivity contribution in [2.75, 3.05) is 0 Å². The molecule has 0 aliphatic rings. The van der Waals surface area contributed by atoms with E-state index in [1.165, 1.54) is 11.6 Å². The third-order valence-electron chi connectivity index (χ3n) is 3.71. The quantitative estimate of drug-likeness (QED) is 0.742. The van der Waals surface area contributed by atoms with Gasteiger partial charge in [-0.1, -0.05) is 49.7 Å². The maximum absolute atomic E-state index is 9.98. The van der Waals surface area contributed by atoms with Crippen LogP contribution in [0.2, 0.25) is 0 Å². The summed E-state index contributed by atoms with van der Waals surface area (Å²) in [6.07, 6.45) is 2.12. The summed E-state index contributed by atoms with van der Waals surface area (Å²) in [5, 5.41) is 22.9. The maximum Gasteiger partial charge on any atom is 0.124 e. The van der Waals surface area contributed by atoms with Gasteiger partial charge in [-0.15, -0.1) is 0 Å². The van der Waals surface area contributed by atoms with E-state index in [-0.39, 0.29) is 23.6 Å². The number of hydrogen-bond donors (Lipinski definition) is 3. The van der Waals surface area contributed by atoms with Gasteiger partial charge in [0, 0.05) is 23.7 Å². The Labute approximate surface area is 126 Å². The van der Waals surface area contributed by atoms with Gasteiger partial charge in [-0.25, -0.2) is 0 Å². The van der Waals surface area contributed by atoms with Gasteiger partial charge in [-0.3, -0.25) is 0 Å². The van der Waals surface area contributed by atoms with Crippen LogP contribution in [-0.4, -0.2) is 10.2 Å². The van der Waals surface area contributed by atoms with Crippen molar-refractivity contribution in [1.82, 2.24) is 5.32 Å². The molecule has 3 N–H and O–H groups in total. The number of phenols is 2. The van der Waals surface area contributed by atoms with E-state index < -0.39 is 0 Å². The fourth-order valence-corrected chi connectivity index (χ4v) is 2.61. The van der Waals surface area contributed by atoms with E-state index in [0.29, 0.717) is 0 Å². The first kappa shape index (κ1) is 15.4. The summed E-state index contributed by atoms with van der Waals surface area (Å²) in [6, 6.07) is 15.3. The Hall–Kier alpha value is -2.00. The minimum Gasteiger partial charge on any atom is -0.508 e. The molecule has 2 unspecified atom stereocenters. The van der Waals surface area contributed by atoms with E-state index in [1.807, 2.05) is 25.1 Å². The van der Waals surface area contributed by atoms with Gasteiger partial charge >= 0.3 is 0 Å². The molecule has 0 radical (unpaired) electrons. The summed E-state index contributed by atoms with van der Waals surface area (Å²) in [7, 11) is 0. The second-order valence-corrected chi connectivity index (χ2v) is 5.38. The third-order valence-corrected chi connectivity index (χ3v) is 3.71. The van der Waals surface area contributed by atoms with Crippen molar-refractivity contribution < 1.29 is 10.2 Å². The first-order valence-electron chi connectivity index (χ1n) is 7.44. The van der Waals surface area contributed by atoms with Crippen molar-refractivity contribution in [3.05, 3.63) is 59.7 Å². The first-order valence-corrected chi connectivity index (χ1v) is 7.44. The van der Waals surface area contributed by atoms with E-state index in [2.05, 4.69) is 24.4 Å². The third kappa shape index (κ3) is 3.99. The highest BCUT2D eigenvalue weighted by molar-refractivity contribution is 5.40.